The molecule has 2 rings (SSSR count). The molecule has 0 radical (unpaired) electrons. The lowest BCUT2D eigenvalue weighted by molar-refractivity contribution is 0.263. The van der Waals surface area contributed by atoms with E-state index in [4.69, 9.17) is 5.73 Å². The Morgan fingerprint density at radius 3 is 2.50 bits per heavy atom. The highest BCUT2D eigenvalue weighted by Crippen LogP contribution is 2.37. The highest BCUT2D eigenvalue weighted by molar-refractivity contribution is 5.55. The van der Waals surface area contributed by atoms with Crippen LogP contribution in [0.3, 0.4) is 0 Å². The molecule has 1 aromatic carbocycles. The van der Waals surface area contributed by atoms with Gasteiger partial charge >= 0.3 is 0 Å². The highest BCUT2D eigenvalue weighted by atomic mass is 15.2. The molecular weight excluding hydrogens is 220 g/mol. The van der Waals surface area contributed by atoms with Crippen LogP contribution in [0.2, 0.25) is 0 Å². The molecule has 0 spiro atoms. The molecule has 2 atom stereocenters. The van der Waals surface area contributed by atoms with Crippen LogP contribution in [0.25, 0.3) is 0 Å². The van der Waals surface area contributed by atoms with Gasteiger partial charge in [-0.1, -0.05) is 39.0 Å². The molecule has 2 nitrogen and oxygen atoms in total. The van der Waals surface area contributed by atoms with Crippen molar-refractivity contribution in [1.29, 1.82) is 0 Å². The number of anilines is 1. The summed E-state index contributed by atoms with van der Waals surface area (Å²) in [6.07, 6.45) is 1.29. The number of nitrogens with zero attached hydrogens (tertiary/aromatic N) is 1. The van der Waals surface area contributed by atoms with Crippen LogP contribution in [0, 0.1) is 11.3 Å². The molecule has 1 saturated heterocycles. The molecule has 1 fully saturated rings. The normalized spacial score (nSPS) is 22.3. The quantitative estimate of drug-likeness (QED) is 0.864. The number of benzene rings is 1. The monoisotopic (exact) mass is 246 g/mol. The van der Waals surface area contributed by atoms with E-state index in [1.807, 2.05) is 0 Å². The summed E-state index contributed by atoms with van der Waals surface area (Å²) in [6.45, 7) is 11.4. The van der Waals surface area contributed by atoms with Crippen LogP contribution in [-0.2, 0) is 0 Å². The van der Waals surface area contributed by atoms with E-state index in [2.05, 4.69) is 56.9 Å². The van der Waals surface area contributed by atoms with E-state index in [-0.39, 0.29) is 6.04 Å². The van der Waals surface area contributed by atoms with Gasteiger partial charge in [0.1, 0.15) is 0 Å². The van der Waals surface area contributed by atoms with Gasteiger partial charge in [-0.2, -0.15) is 0 Å². The molecule has 1 heterocycles. The summed E-state index contributed by atoms with van der Waals surface area (Å²) in [5.74, 6) is 0.777. The zero-order valence-electron chi connectivity index (χ0n) is 12.1. The fourth-order valence-corrected chi connectivity index (χ4v) is 2.85. The van der Waals surface area contributed by atoms with Crippen LogP contribution in [0.5, 0.6) is 0 Å². The largest absolute Gasteiger partial charge is 0.371 e. The third-order valence-corrected chi connectivity index (χ3v) is 4.18. The molecule has 1 aromatic rings. The Labute approximate surface area is 111 Å². The predicted octanol–water partition coefficient (Wildman–Crippen LogP) is 3.58. The maximum absolute atomic E-state index is 6.08. The standard InChI is InChI=1S/C16H26N2/c1-12(17)14-7-5-6-8-15(14)18-10-9-13(11-18)16(2,3)4/h5-8,12-13H,9-11,17H2,1-4H3/t12-,13?/m0/s1. The van der Waals surface area contributed by atoms with Crippen LogP contribution >= 0.6 is 0 Å². The van der Waals surface area contributed by atoms with Crippen molar-refractivity contribution in [3.63, 3.8) is 0 Å². The Morgan fingerprint density at radius 1 is 1.28 bits per heavy atom. The third kappa shape index (κ3) is 2.69. The fourth-order valence-electron chi connectivity index (χ4n) is 2.85. The summed E-state index contributed by atoms with van der Waals surface area (Å²) < 4.78 is 0. The maximum atomic E-state index is 6.08. The van der Waals surface area contributed by atoms with Gasteiger partial charge in [0.2, 0.25) is 0 Å². The molecule has 1 unspecified atom stereocenters. The van der Waals surface area contributed by atoms with Crippen LogP contribution in [0.15, 0.2) is 24.3 Å². The number of hydrogen-bond acceptors (Lipinski definition) is 2. The van der Waals surface area contributed by atoms with E-state index >= 15 is 0 Å². The maximum Gasteiger partial charge on any atom is 0.0414 e. The van der Waals surface area contributed by atoms with Gasteiger partial charge in [0.15, 0.2) is 0 Å². The topological polar surface area (TPSA) is 29.3 Å². The van der Waals surface area contributed by atoms with Gasteiger partial charge < -0.3 is 10.6 Å². The summed E-state index contributed by atoms with van der Waals surface area (Å²) in [4.78, 5) is 2.51. The lowest BCUT2D eigenvalue weighted by Gasteiger charge is -2.28. The Morgan fingerprint density at radius 2 is 1.94 bits per heavy atom. The second-order valence-corrected chi connectivity index (χ2v) is 6.65. The molecule has 2 heteroatoms. The zero-order chi connectivity index (χ0) is 13.3. The molecule has 0 saturated carbocycles. The van der Waals surface area contributed by atoms with Crippen molar-refractivity contribution in [2.75, 3.05) is 18.0 Å². The van der Waals surface area contributed by atoms with Crippen LogP contribution in [0.4, 0.5) is 5.69 Å². The van der Waals surface area contributed by atoms with E-state index < -0.39 is 0 Å². The average Bonchev–Trinajstić information content (AvgIpc) is 2.77. The van der Waals surface area contributed by atoms with Crippen molar-refractivity contribution >= 4 is 5.69 Å². The molecule has 1 aliphatic rings. The van der Waals surface area contributed by atoms with Gasteiger partial charge in [0.25, 0.3) is 0 Å². The number of nitrogens with two attached hydrogens (primary N) is 1. The number of rotatable bonds is 2. The first-order valence-corrected chi connectivity index (χ1v) is 6.99. The summed E-state index contributed by atoms with van der Waals surface area (Å²) in [7, 11) is 0. The first kappa shape index (κ1) is 13.4. The fraction of sp³-hybridized carbons (Fsp3) is 0.625. The van der Waals surface area contributed by atoms with Gasteiger partial charge in [0.05, 0.1) is 0 Å². The van der Waals surface area contributed by atoms with Crippen LogP contribution in [0.1, 0.15) is 45.7 Å². The molecule has 1 aliphatic heterocycles. The minimum atomic E-state index is 0.106. The summed E-state index contributed by atoms with van der Waals surface area (Å²) in [5, 5.41) is 0. The molecule has 2 N–H and O–H groups in total. The highest BCUT2D eigenvalue weighted by Gasteiger charge is 2.32. The van der Waals surface area contributed by atoms with Crippen molar-refractivity contribution in [2.24, 2.45) is 17.1 Å². The van der Waals surface area contributed by atoms with Gasteiger partial charge in [-0.05, 0) is 36.3 Å². The molecule has 100 valence electrons. The van der Waals surface area contributed by atoms with Crippen molar-refractivity contribution in [2.45, 2.75) is 40.2 Å². The Hall–Kier alpha value is -1.02. The Balaban J connectivity index is 2.19. The molecule has 0 amide bonds. The van der Waals surface area contributed by atoms with Crippen molar-refractivity contribution in [1.82, 2.24) is 0 Å². The summed E-state index contributed by atoms with van der Waals surface area (Å²) in [6, 6.07) is 8.68. The van der Waals surface area contributed by atoms with Crippen LogP contribution in [-0.4, -0.2) is 13.1 Å². The average molecular weight is 246 g/mol. The third-order valence-electron chi connectivity index (χ3n) is 4.18. The minimum Gasteiger partial charge on any atom is -0.371 e. The van der Waals surface area contributed by atoms with Gasteiger partial charge in [0, 0.05) is 24.8 Å². The first-order chi connectivity index (χ1) is 8.39. The van der Waals surface area contributed by atoms with Crippen molar-refractivity contribution in [3.05, 3.63) is 29.8 Å². The molecule has 0 aliphatic carbocycles. The Bertz CT molecular complexity index is 404. The van der Waals surface area contributed by atoms with Gasteiger partial charge in [-0.3, -0.25) is 0 Å². The molecule has 0 bridgehead atoms. The lowest BCUT2D eigenvalue weighted by atomic mass is 9.80. The van der Waals surface area contributed by atoms with E-state index in [1.54, 1.807) is 0 Å². The smallest absolute Gasteiger partial charge is 0.0414 e. The minimum absolute atomic E-state index is 0.106. The second kappa shape index (κ2) is 4.93. The first-order valence-electron chi connectivity index (χ1n) is 6.99. The van der Waals surface area contributed by atoms with Gasteiger partial charge in [-0.25, -0.2) is 0 Å². The number of hydrogen-bond donors (Lipinski definition) is 1. The SMILES string of the molecule is C[C@H](N)c1ccccc1N1CCC(C(C)(C)C)C1. The molecular formula is C16H26N2. The number of para-hydroxylation sites is 1. The molecule has 0 aromatic heterocycles. The van der Waals surface area contributed by atoms with Gasteiger partial charge in [-0.15, -0.1) is 0 Å². The summed E-state index contributed by atoms with van der Waals surface area (Å²) in [5.41, 5.74) is 9.08. The van der Waals surface area contributed by atoms with E-state index in [9.17, 15) is 0 Å². The Kier molecular flexibility index (Phi) is 3.67. The van der Waals surface area contributed by atoms with Crippen molar-refractivity contribution < 1.29 is 0 Å². The van der Waals surface area contributed by atoms with E-state index in [0.29, 0.717) is 5.41 Å². The van der Waals surface area contributed by atoms with E-state index in [0.717, 1.165) is 19.0 Å². The zero-order valence-corrected chi connectivity index (χ0v) is 12.1. The predicted molar refractivity (Wildman–Crippen MR) is 78.8 cm³/mol. The summed E-state index contributed by atoms with van der Waals surface area (Å²) >= 11 is 0. The van der Waals surface area contributed by atoms with Crippen molar-refractivity contribution in [3.8, 4) is 0 Å². The van der Waals surface area contributed by atoms with Crippen LogP contribution < -0.4 is 10.6 Å². The second-order valence-electron chi connectivity index (χ2n) is 6.65. The van der Waals surface area contributed by atoms with E-state index in [1.165, 1.54) is 17.7 Å². The lowest BCUT2D eigenvalue weighted by Crippen LogP contribution is -2.27. The molecule has 18 heavy (non-hydrogen) atoms.